The van der Waals surface area contributed by atoms with E-state index in [1.165, 1.54) is 16.7 Å². The first kappa shape index (κ1) is 19.4. The number of thiocarbonyl (C=S) groups is 1. The van der Waals surface area contributed by atoms with Crippen LogP contribution in [-0.2, 0) is 14.4 Å². The van der Waals surface area contributed by atoms with Crippen LogP contribution in [0.5, 0.6) is 0 Å². The molecule has 1 N–H and O–H groups in total. The Morgan fingerprint density at radius 2 is 1.83 bits per heavy atom. The fourth-order valence-electron chi connectivity index (χ4n) is 3.46. The minimum atomic E-state index is -1.12. The first-order valence-electron chi connectivity index (χ1n) is 8.84. The maximum absolute atomic E-state index is 13.3. The lowest BCUT2D eigenvalue weighted by Gasteiger charge is -2.21. The lowest BCUT2D eigenvalue weighted by atomic mass is 10.1. The summed E-state index contributed by atoms with van der Waals surface area (Å²) >= 11 is 6.49. The Morgan fingerprint density at radius 3 is 2.52 bits per heavy atom. The lowest BCUT2D eigenvalue weighted by Crippen LogP contribution is -2.41. The number of aryl methyl sites for hydroxylation is 1. The molecule has 0 saturated carbocycles. The largest absolute Gasteiger partial charge is 0.480 e. The van der Waals surface area contributed by atoms with Gasteiger partial charge in [-0.25, -0.2) is 4.79 Å². The number of fused-ring (bicyclic) bond motifs is 1. The highest BCUT2D eigenvalue weighted by molar-refractivity contribution is 8.27. The van der Waals surface area contributed by atoms with Gasteiger partial charge in [0.1, 0.15) is 6.04 Å². The zero-order valence-corrected chi connectivity index (χ0v) is 17.2. The molecule has 8 heteroatoms. The smallest absolute Gasteiger partial charge is 0.326 e. The first-order chi connectivity index (χ1) is 13.8. The van der Waals surface area contributed by atoms with Crippen molar-refractivity contribution in [3.63, 3.8) is 0 Å². The van der Waals surface area contributed by atoms with Crippen LogP contribution in [0.1, 0.15) is 18.1 Å². The minimum absolute atomic E-state index is 0.196. The molecule has 2 aliphatic heterocycles. The van der Waals surface area contributed by atoms with Crippen molar-refractivity contribution in [3.05, 3.63) is 64.6 Å². The van der Waals surface area contributed by atoms with Crippen LogP contribution in [-0.4, -0.2) is 33.3 Å². The van der Waals surface area contributed by atoms with Crippen LogP contribution >= 0.6 is 24.0 Å². The quantitative estimate of drug-likeness (QED) is 0.599. The molecule has 0 spiro atoms. The summed E-state index contributed by atoms with van der Waals surface area (Å²) in [5.41, 5.74) is 2.82. The molecule has 1 saturated heterocycles. The molecule has 6 nitrogen and oxygen atoms in total. The SMILES string of the molecule is Cc1cccc(N2C(=O)C(=C3C(=O)N(C(C)C(=O)O)c4ccccc43)SC2=S)c1. The van der Waals surface area contributed by atoms with Crippen LogP contribution in [0.4, 0.5) is 11.4 Å². The predicted octanol–water partition coefficient (Wildman–Crippen LogP) is 3.59. The number of rotatable bonds is 3. The second kappa shape index (κ2) is 7.13. The van der Waals surface area contributed by atoms with Crippen molar-refractivity contribution >= 4 is 63.0 Å². The van der Waals surface area contributed by atoms with Gasteiger partial charge in [-0.2, -0.15) is 0 Å². The highest BCUT2D eigenvalue weighted by Crippen LogP contribution is 2.46. The van der Waals surface area contributed by atoms with Crippen LogP contribution in [0.25, 0.3) is 5.57 Å². The highest BCUT2D eigenvalue weighted by atomic mass is 32.2. The molecule has 2 aliphatic rings. The Labute approximate surface area is 176 Å². The van der Waals surface area contributed by atoms with Crippen molar-refractivity contribution in [1.29, 1.82) is 0 Å². The number of thioether (sulfide) groups is 1. The predicted molar refractivity (Wildman–Crippen MR) is 117 cm³/mol. The van der Waals surface area contributed by atoms with E-state index in [9.17, 15) is 19.5 Å². The molecule has 0 radical (unpaired) electrons. The van der Waals surface area contributed by atoms with Gasteiger partial charge in [0.15, 0.2) is 4.32 Å². The summed E-state index contributed by atoms with van der Waals surface area (Å²) in [4.78, 5) is 40.9. The summed E-state index contributed by atoms with van der Waals surface area (Å²) in [5.74, 6) is -2.01. The summed E-state index contributed by atoms with van der Waals surface area (Å²) in [6.07, 6.45) is 0. The third-order valence-electron chi connectivity index (χ3n) is 4.87. The maximum atomic E-state index is 13.3. The lowest BCUT2D eigenvalue weighted by molar-refractivity contribution is -0.139. The van der Waals surface area contributed by atoms with Crippen LogP contribution < -0.4 is 9.80 Å². The van der Waals surface area contributed by atoms with Crippen LogP contribution in [0.3, 0.4) is 0 Å². The number of carbonyl (C=O) groups excluding carboxylic acids is 2. The van der Waals surface area contributed by atoms with Gasteiger partial charge in [0.05, 0.1) is 21.9 Å². The second-order valence-corrected chi connectivity index (χ2v) is 8.40. The topological polar surface area (TPSA) is 77.9 Å². The van der Waals surface area contributed by atoms with Crippen molar-refractivity contribution in [2.24, 2.45) is 0 Å². The van der Waals surface area contributed by atoms with Gasteiger partial charge < -0.3 is 5.11 Å². The highest BCUT2D eigenvalue weighted by Gasteiger charge is 2.44. The molecule has 2 amide bonds. The summed E-state index contributed by atoms with van der Waals surface area (Å²) < 4.78 is 0.332. The second-order valence-electron chi connectivity index (χ2n) is 6.76. The Balaban J connectivity index is 1.85. The minimum Gasteiger partial charge on any atom is -0.480 e. The van der Waals surface area contributed by atoms with E-state index in [1.54, 1.807) is 30.3 Å². The van der Waals surface area contributed by atoms with Crippen molar-refractivity contribution in [3.8, 4) is 0 Å². The van der Waals surface area contributed by atoms with Gasteiger partial charge in [-0.05, 0) is 37.6 Å². The molecular formula is C21H16N2O4S2. The number of nitrogens with zero attached hydrogens (tertiary/aromatic N) is 2. The van der Waals surface area contributed by atoms with E-state index in [-0.39, 0.29) is 16.4 Å². The Kier molecular flexibility index (Phi) is 4.76. The van der Waals surface area contributed by atoms with Gasteiger partial charge in [-0.1, -0.05) is 54.3 Å². The van der Waals surface area contributed by atoms with Gasteiger partial charge in [0, 0.05) is 5.56 Å². The molecule has 1 unspecified atom stereocenters. The monoisotopic (exact) mass is 424 g/mol. The molecule has 0 bridgehead atoms. The summed E-state index contributed by atoms with van der Waals surface area (Å²) in [6.45, 7) is 3.36. The molecule has 0 aliphatic carbocycles. The fourth-order valence-corrected chi connectivity index (χ4v) is 4.83. The van der Waals surface area contributed by atoms with Crippen LogP contribution in [0.15, 0.2) is 53.4 Å². The Hall–Kier alpha value is -2.97. The number of hydrogen-bond acceptors (Lipinski definition) is 5. The van der Waals surface area contributed by atoms with Crippen molar-refractivity contribution in [1.82, 2.24) is 0 Å². The number of benzene rings is 2. The third kappa shape index (κ3) is 3.04. The number of hydrogen-bond donors (Lipinski definition) is 1. The first-order valence-corrected chi connectivity index (χ1v) is 10.1. The third-order valence-corrected chi connectivity index (χ3v) is 6.24. The van der Waals surface area contributed by atoms with Crippen molar-refractivity contribution in [2.45, 2.75) is 19.9 Å². The van der Waals surface area contributed by atoms with Gasteiger partial charge in [0.25, 0.3) is 11.8 Å². The number of carboxylic acid groups (broad SMARTS) is 1. The molecule has 1 atom stereocenters. The number of carbonyl (C=O) groups is 3. The average Bonchev–Trinajstić information content (AvgIpc) is 3.13. The number of amides is 2. The molecule has 146 valence electrons. The summed E-state index contributed by atoms with van der Waals surface area (Å²) in [7, 11) is 0. The molecule has 0 aromatic heterocycles. The normalized spacial score (nSPS) is 19.7. The molecule has 29 heavy (non-hydrogen) atoms. The van der Waals surface area contributed by atoms with Gasteiger partial charge in [0.2, 0.25) is 0 Å². The van der Waals surface area contributed by atoms with Gasteiger partial charge in [-0.3, -0.25) is 19.4 Å². The zero-order valence-electron chi connectivity index (χ0n) is 15.6. The maximum Gasteiger partial charge on any atom is 0.326 e. The Morgan fingerprint density at radius 1 is 1.10 bits per heavy atom. The van der Waals surface area contributed by atoms with E-state index in [4.69, 9.17) is 12.2 Å². The number of carboxylic acids is 1. The summed E-state index contributed by atoms with van der Waals surface area (Å²) in [6, 6.07) is 13.2. The van der Waals surface area contributed by atoms with E-state index in [0.29, 0.717) is 21.3 Å². The molecule has 1 fully saturated rings. The average molecular weight is 425 g/mol. The number of aliphatic carboxylic acids is 1. The zero-order chi connectivity index (χ0) is 20.9. The van der Waals surface area contributed by atoms with Gasteiger partial charge in [-0.15, -0.1) is 0 Å². The van der Waals surface area contributed by atoms with E-state index in [1.807, 2.05) is 25.1 Å². The standard InChI is InChI=1S/C21H16N2O4S2/c1-11-6-5-7-13(10-11)23-19(25)17(29-21(23)28)16-14-8-3-4-9-15(14)22(18(16)24)12(2)20(26)27/h3-10,12H,1-2H3,(H,26,27). The molecule has 2 aromatic carbocycles. The van der Waals surface area contributed by atoms with Crippen LogP contribution in [0.2, 0.25) is 0 Å². The van der Waals surface area contributed by atoms with E-state index >= 15 is 0 Å². The molecule has 4 rings (SSSR count). The van der Waals surface area contributed by atoms with E-state index in [2.05, 4.69) is 0 Å². The molecule has 2 aromatic rings. The Bertz CT molecular complexity index is 1130. The molecular weight excluding hydrogens is 408 g/mol. The van der Waals surface area contributed by atoms with Gasteiger partial charge >= 0.3 is 5.97 Å². The van der Waals surface area contributed by atoms with Crippen LogP contribution in [0, 0.1) is 6.92 Å². The summed E-state index contributed by atoms with van der Waals surface area (Å²) in [5, 5.41) is 9.44. The fraction of sp³-hybridized carbons (Fsp3) is 0.143. The van der Waals surface area contributed by atoms with Crippen molar-refractivity contribution in [2.75, 3.05) is 9.80 Å². The number of anilines is 2. The van der Waals surface area contributed by atoms with Crippen molar-refractivity contribution < 1.29 is 19.5 Å². The van der Waals surface area contributed by atoms with E-state index in [0.717, 1.165) is 17.3 Å². The molecule has 2 heterocycles. The number of para-hydroxylation sites is 1. The van der Waals surface area contributed by atoms with E-state index < -0.39 is 17.9 Å².